The summed E-state index contributed by atoms with van der Waals surface area (Å²) in [5, 5.41) is 4.05. The van der Waals surface area contributed by atoms with Crippen molar-refractivity contribution in [2.45, 2.75) is 6.42 Å². The molecule has 140 valence electrons. The van der Waals surface area contributed by atoms with E-state index in [-0.39, 0.29) is 11.7 Å². The van der Waals surface area contributed by atoms with E-state index in [2.05, 4.69) is 10.3 Å². The van der Waals surface area contributed by atoms with Crippen LogP contribution in [0.25, 0.3) is 22.0 Å². The maximum absolute atomic E-state index is 12.6. The quantitative estimate of drug-likeness (QED) is 0.504. The fourth-order valence-electron chi connectivity index (χ4n) is 3.95. The van der Waals surface area contributed by atoms with Gasteiger partial charge in [-0.25, -0.2) is 0 Å². The summed E-state index contributed by atoms with van der Waals surface area (Å²) in [6.45, 7) is 0.500. The number of nitrogens with zero attached hydrogens (tertiary/aromatic N) is 1. The molecule has 0 unspecified atom stereocenters. The van der Waals surface area contributed by atoms with Crippen LogP contribution in [-0.4, -0.2) is 23.2 Å². The van der Waals surface area contributed by atoms with Gasteiger partial charge in [0.2, 0.25) is 0 Å². The Kier molecular flexibility index (Phi) is 4.17. The van der Waals surface area contributed by atoms with Crippen molar-refractivity contribution in [1.29, 1.82) is 0 Å². The standard InChI is InChI=1S/C25H18N2O2/c28-24-21-9-2-1-8-19(21)20-11-10-18(15-22(20)24)25(29)27-14-12-17-6-3-5-16-7-4-13-26-23(16)17/h1-11,13,15H,12,14H2,(H,27,29). The van der Waals surface area contributed by atoms with Crippen molar-refractivity contribution >= 4 is 22.6 Å². The second kappa shape index (κ2) is 6.99. The number of carbonyl (C=O) groups excluding carboxylic acids is 2. The first-order chi connectivity index (χ1) is 14.2. The van der Waals surface area contributed by atoms with E-state index in [4.69, 9.17) is 0 Å². The minimum Gasteiger partial charge on any atom is -0.352 e. The fourth-order valence-corrected chi connectivity index (χ4v) is 3.95. The maximum atomic E-state index is 12.6. The fraction of sp³-hybridized carbons (Fsp3) is 0.0800. The zero-order valence-electron chi connectivity index (χ0n) is 15.7. The third-order valence-electron chi connectivity index (χ3n) is 5.38. The van der Waals surface area contributed by atoms with Crippen molar-refractivity contribution in [3.8, 4) is 11.1 Å². The number of hydrogen-bond donors (Lipinski definition) is 1. The first kappa shape index (κ1) is 17.3. The van der Waals surface area contributed by atoms with E-state index in [9.17, 15) is 9.59 Å². The Balaban J connectivity index is 1.32. The summed E-state index contributed by atoms with van der Waals surface area (Å²) in [6, 6.07) is 22.9. The number of carbonyl (C=O) groups is 2. The summed E-state index contributed by atoms with van der Waals surface area (Å²) in [5.74, 6) is -0.197. The van der Waals surface area contributed by atoms with Gasteiger partial charge in [0.25, 0.3) is 5.91 Å². The van der Waals surface area contributed by atoms with E-state index in [0.717, 1.165) is 27.6 Å². The zero-order chi connectivity index (χ0) is 19.8. The lowest BCUT2D eigenvalue weighted by molar-refractivity contribution is 0.0954. The van der Waals surface area contributed by atoms with Gasteiger partial charge in [-0.2, -0.15) is 0 Å². The van der Waals surface area contributed by atoms with Gasteiger partial charge in [0.1, 0.15) is 0 Å². The molecule has 4 heteroatoms. The van der Waals surface area contributed by atoms with Crippen LogP contribution >= 0.6 is 0 Å². The molecule has 0 spiro atoms. The number of nitrogens with one attached hydrogen (secondary N) is 1. The largest absolute Gasteiger partial charge is 0.352 e. The average molecular weight is 378 g/mol. The summed E-state index contributed by atoms with van der Waals surface area (Å²) in [6.07, 6.45) is 2.47. The summed E-state index contributed by atoms with van der Waals surface area (Å²) in [7, 11) is 0. The molecule has 1 N–H and O–H groups in total. The molecule has 0 fully saturated rings. The molecule has 1 amide bonds. The predicted molar refractivity (Wildman–Crippen MR) is 113 cm³/mol. The smallest absolute Gasteiger partial charge is 0.251 e. The first-order valence-corrected chi connectivity index (χ1v) is 9.61. The third-order valence-corrected chi connectivity index (χ3v) is 5.38. The molecule has 3 aromatic carbocycles. The van der Waals surface area contributed by atoms with Crippen LogP contribution in [0.3, 0.4) is 0 Å². The van der Waals surface area contributed by atoms with Crippen molar-refractivity contribution in [3.05, 3.63) is 101 Å². The van der Waals surface area contributed by atoms with Crippen LogP contribution in [0.5, 0.6) is 0 Å². The van der Waals surface area contributed by atoms with Crippen molar-refractivity contribution in [2.24, 2.45) is 0 Å². The van der Waals surface area contributed by atoms with E-state index in [1.807, 2.05) is 60.7 Å². The summed E-state index contributed by atoms with van der Waals surface area (Å²) in [5.41, 5.74) is 5.68. The number of ketones is 1. The topological polar surface area (TPSA) is 59.1 Å². The average Bonchev–Trinajstić information content (AvgIpc) is 3.06. The van der Waals surface area contributed by atoms with E-state index in [1.54, 1.807) is 18.3 Å². The molecule has 29 heavy (non-hydrogen) atoms. The lowest BCUT2D eigenvalue weighted by atomic mass is 10.0. The Labute approximate surface area is 168 Å². The molecule has 4 nitrogen and oxygen atoms in total. The van der Waals surface area contributed by atoms with Gasteiger partial charge in [-0.3, -0.25) is 14.6 Å². The lowest BCUT2D eigenvalue weighted by Crippen LogP contribution is -2.26. The number of para-hydroxylation sites is 1. The molecule has 1 aliphatic carbocycles. The van der Waals surface area contributed by atoms with Gasteiger partial charge in [-0.15, -0.1) is 0 Å². The molecule has 0 radical (unpaired) electrons. The Morgan fingerprint density at radius 1 is 0.828 bits per heavy atom. The van der Waals surface area contributed by atoms with Gasteiger partial charge in [0.05, 0.1) is 5.52 Å². The molecular weight excluding hydrogens is 360 g/mol. The van der Waals surface area contributed by atoms with Crippen LogP contribution in [-0.2, 0) is 6.42 Å². The van der Waals surface area contributed by atoms with Crippen LogP contribution in [0, 0.1) is 0 Å². The normalized spacial score (nSPS) is 11.9. The van der Waals surface area contributed by atoms with Crippen molar-refractivity contribution < 1.29 is 9.59 Å². The lowest BCUT2D eigenvalue weighted by Gasteiger charge is -2.08. The SMILES string of the molecule is O=C(NCCc1cccc2cccnc12)c1ccc2c(c1)C(=O)c1ccccc1-2. The molecular formula is C25H18N2O2. The van der Waals surface area contributed by atoms with Gasteiger partial charge in [-0.05, 0) is 41.3 Å². The van der Waals surface area contributed by atoms with Crippen LogP contribution in [0.2, 0.25) is 0 Å². The minimum atomic E-state index is -0.176. The molecule has 1 heterocycles. The first-order valence-electron chi connectivity index (χ1n) is 9.61. The molecule has 0 saturated heterocycles. The van der Waals surface area contributed by atoms with Crippen molar-refractivity contribution in [3.63, 3.8) is 0 Å². The van der Waals surface area contributed by atoms with E-state index >= 15 is 0 Å². The van der Waals surface area contributed by atoms with Crippen molar-refractivity contribution in [1.82, 2.24) is 10.3 Å². The van der Waals surface area contributed by atoms with E-state index in [1.165, 1.54) is 0 Å². The number of pyridine rings is 1. The van der Waals surface area contributed by atoms with Crippen LogP contribution in [0.1, 0.15) is 31.8 Å². The molecule has 4 aromatic rings. The predicted octanol–water partition coefficient (Wildman–Crippen LogP) is 4.42. The Hall–Kier alpha value is -3.79. The van der Waals surface area contributed by atoms with E-state index in [0.29, 0.717) is 29.7 Å². The highest BCUT2D eigenvalue weighted by molar-refractivity contribution is 6.22. The van der Waals surface area contributed by atoms with Gasteiger partial charge in [0.15, 0.2) is 5.78 Å². The highest BCUT2D eigenvalue weighted by Crippen LogP contribution is 2.36. The number of aromatic nitrogens is 1. The van der Waals surface area contributed by atoms with Gasteiger partial charge < -0.3 is 5.32 Å². The van der Waals surface area contributed by atoms with Crippen LogP contribution in [0.15, 0.2) is 79.0 Å². The number of rotatable bonds is 4. The van der Waals surface area contributed by atoms with Crippen LogP contribution < -0.4 is 5.32 Å². The van der Waals surface area contributed by atoms with Crippen LogP contribution in [0.4, 0.5) is 0 Å². The van der Waals surface area contributed by atoms with Gasteiger partial charge in [-0.1, -0.05) is 54.6 Å². The molecule has 0 bridgehead atoms. The second-order valence-electron chi connectivity index (χ2n) is 7.13. The molecule has 1 aliphatic rings. The van der Waals surface area contributed by atoms with E-state index < -0.39 is 0 Å². The summed E-state index contributed by atoms with van der Waals surface area (Å²) in [4.78, 5) is 29.7. The number of fused-ring (bicyclic) bond motifs is 4. The monoisotopic (exact) mass is 378 g/mol. The van der Waals surface area contributed by atoms with Gasteiger partial charge in [0, 0.05) is 34.8 Å². The van der Waals surface area contributed by atoms with Gasteiger partial charge >= 0.3 is 0 Å². The summed E-state index contributed by atoms with van der Waals surface area (Å²) < 4.78 is 0. The third kappa shape index (κ3) is 2.99. The Morgan fingerprint density at radius 2 is 1.62 bits per heavy atom. The minimum absolute atomic E-state index is 0.0212. The molecule has 1 aromatic heterocycles. The highest BCUT2D eigenvalue weighted by atomic mass is 16.1. The molecule has 0 aliphatic heterocycles. The highest BCUT2D eigenvalue weighted by Gasteiger charge is 2.26. The zero-order valence-corrected chi connectivity index (χ0v) is 15.7. The Morgan fingerprint density at radius 3 is 2.52 bits per heavy atom. The number of amides is 1. The van der Waals surface area contributed by atoms with Crippen molar-refractivity contribution in [2.75, 3.05) is 6.54 Å². The Bertz CT molecular complexity index is 1270. The summed E-state index contributed by atoms with van der Waals surface area (Å²) >= 11 is 0. The number of benzene rings is 3. The molecule has 0 atom stereocenters. The molecule has 5 rings (SSSR count). The maximum Gasteiger partial charge on any atom is 0.251 e. The number of hydrogen-bond acceptors (Lipinski definition) is 3. The second-order valence-corrected chi connectivity index (χ2v) is 7.13. The molecule has 0 saturated carbocycles.